The molecule has 0 aliphatic rings. The van der Waals surface area contributed by atoms with Crippen molar-refractivity contribution in [1.29, 1.82) is 0 Å². The average molecular weight is 467 g/mol. The standard InChI is InChI=1S/C25H30N4O3S/c1-17(13-14-19-15-26-22-11-7-5-9-20(19)22)29(3)16-24-18(2)32-25(27-24)21-10-6-8-12-23(21)28-33(4,30)31/h5-12,15,17,26,28H,13-14,16H2,1-4H3. The number of sulfonamides is 1. The van der Waals surface area contributed by atoms with Gasteiger partial charge in [-0.2, -0.15) is 0 Å². The second-order valence-corrected chi connectivity index (χ2v) is 10.4. The lowest BCUT2D eigenvalue weighted by Crippen LogP contribution is -2.29. The molecule has 0 amide bonds. The van der Waals surface area contributed by atoms with Crippen molar-refractivity contribution in [2.24, 2.45) is 0 Å². The Morgan fingerprint density at radius 1 is 1.15 bits per heavy atom. The Bertz CT molecular complexity index is 1360. The molecule has 1 unspecified atom stereocenters. The summed E-state index contributed by atoms with van der Waals surface area (Å²) in [6.45, 7) is 4.76. The van der Waals surface area contributed by atoms with Gasteiger partial charge in [-0.1, -0.05) is 30.3 Å². The number of nitrogens with zero attached hydrogens (tertiary/aromatic N) is 2. The Morgan fingerprint density at radius 3 is 2.67 bits per heavy atom. The van der Waals surface area contributed by atoms with Gasteiger partial charge < -0.3 is 9.40 Å². The van der Waals surface area contributed by atoms with E-state index in [2.05, 4.69) is 53.0 Å². The maximum Gasteiger partial charge on any atom is 0.229 e. The monoisotopic (exact) mass is 466 g/mol. The fraction of sp³-hybridized carbons (Fsp3) is 0.320. The van der Waals surface area contributed by atoms with E-state index in [1.807, 2.05) is 19.1 Å². The molecule has 0 fully saturated rings. The number of para-hydroxylation sites is 2. The zero-order valence-corrected chi connectivity index (χ0v) is 20.2. The van der Waals surface area contributed by atoms with Gasteiger partial charge in [0, 0.05) is 29.7 Å². The van der Waals surface area contributed by atoms with E-state index >= 15 is 0 Å². The van der Waals surface area contributed by atoms with Crippen LogP contribution < -0.4 is 4.72 Å². The van der Waals surface area contributed by atoms with Crippen LogP contribution in [0.15, 0.2) is 59.1 Å². The number of hydrogen-bond donors (Lipinski definition) is 2. The predicted octanol–water partition coefficient (Wildman–Crippen LogP) is 4.96. The fourth-order valence-electron chi connectivity index (χ4n) is 3.96. The Kier molecular flexibility index (Phi) is 6.58. The number of rotatable bonds is 9. The highest BCUT2D eigenvalue weighted by atomic mass is 32.2. The molecule has 4 rings (SSSR count). The minimum atomic E-state index is -3.41. The summed E-state index contributed by atoms with van der Waals surface area (Å²) in [5.41, 5.74) is 4.42. The Morgan fingerprint density at radius 2 is 1.88 bits per heavy atom. The van der Waals surface area contributed by atoms with Crippen molar-refractivity contribution < 1.29 is 12.8 Å². The third-order valence-electron chi connectivity index (χ3n) is 6.00. The van der Waals surface area contributed by atoms with Crippen molar-refractivity contribution in [2.45, 2.75) is 39.3 Å². The number of H-pyrrole nitrogens is 1. The largest absolute Gasteiger partial charge is 0.441 e. The quantitative estimate of drug-likeness (QED) is 0.364. The molecule has 7 nitrogen and oxygen atoms in total. The molecule has 0 saturated carbocycles. The van der Waals surface area contributed by atoms with E-state index < -0.39 is 10.0 Å². The molecule has 33 heavy (non-hydrogen) atoms. The van der Waals surface area contributed by atoms with Crippen LogP contribution in [0.3, 0.4) is 0 Å². The first-order valence-corrected chi connectivity index (χ1v) is 12.9. The van der Waals surface area contributed by atoms with Gasteiger partial charge in [0.25, 0.3) is 0 Å². The minimum Gasteiger partial charge on any atom is -0.441 e. The van der Waals surface area contributed by atoms with Gasteiger partial charge in [0.2, 0.25) is 15.9 Å². The third-order valence-corrected chi connectivity index (χ3v) is 6.59. The van der Waals surface area contributed by atoms with Crippen molar-refractivity contribution in [3.05, 3.63) is 71.7 Å². The van der Waals surface area contributed by atoms with Crippen LogP contribution in [0.1, 0.15) is 30.4 Å². The number of aromatic nitrogens is 2. The van der Waals surface area contributed by atoms with Crippen LogP contribution in [0.5, 0.6) is 0 Å². The van der Waals surface area contributed by atoms with Crippen molar-refractivity contribution in [3.63, 3.8) is 0 Å². The topological polar surface area (TPSA) is 91.2 Å². The predicted molar refractivity (Wildman–Crippen MR) is 133 cm³/mol. The number of benzene rings is 2. The van der Waals surface area contributed by atoms with Crippen LogP contribution in [0.25, 0.3) is 22.4 Å². The first kappa shape index (κ1) is 23.1. The Hall–Kier alpha value is -3.10. The summed E-state index contributed by atoms with van der Waals surface area (Å²) >= 11 is 0. The van der Waals surface area contributed by atoms with Crippen molar-refractivity contribution in [1.82, 2.24) is 14.9 Å². The Balaban J connectivity index is 1.44. The van der Waals surface area contributed by atoms with Crippen molar-refractivity contribution in [2.75, 3.05) is 18.0 Å². The van der Waals surface area contributed by atoms with Crippen molar-refractivity contribution >= 4 is 26.6 Å². The minimum absolute atomic E-state index is 0.345. The van der Waals surface area contributed by atoms with Gasteiger partial charge >= 0.3 is 0 Å². The van der Waals surface area contributed by atoms with E-state index in [-0.39, 0.29) is 0 Å². The maximum absolute atomic E-state index is 11.7. The van der Waals surface area contributed by atoms with Gasteiger partial charge in [-0.25, -0.2) is 13.4 Å². The molecule has 0 aliphatic carbocycles. The molecular weight excluding hydrogens is 436 g/mol. The second-order valence-electron chi connectivity index (χ2n) is 8.60. The van der Waals surface area contributed by atoms with Gasteiger partial charge in [0.1, 0.15) is 5.76 Å². The Labute approximate surface area is 194 Å². The number of fused-ring (bicyclic) bond motifs is 1. The molecule has 2 heterocycles. The highest BCUT2D eigenvalue weighted by Crippen LogP contribution is 2.30. The number of aryl methyl sites for hydroxylation is 2. The first-order chi connectivity index (χ1) is 15.7. The smallest absolute Gasteiger partial charge is 0.229 e. The van der Waals surface area contributed by atoms with Crippen LogP contribution in [0.2, 0.25) is 0 Å². The summed E-state index contributed by atoms with van der Waals surface area (Å²) in [6, 6.07) is 15.8. The van der Waals surface area contributed by atoms with Crippen LogP contribution in [0.4, 0.5) is 5.69 Å². The van der Waals surface area contributed by atoms with E-state index in [0.717, 1.165) is 30.6 Å². The molecular formula is C25H30N4O3S. The van der Waals surface area contributed by atoms with E-state index in [0.29, 0.717) is 29.7 Å². The second kappa shape index (κ2) is 9.41. The van der Waals surface area contributed by atoms with Gasteiger partial charge in [-0.05, 0) is 57.5 Å². The summed E-state index contributed by atoms with van der Waals surface area (Å²) in [5, 5.41) is 1.28. The fourth-order valence-corrected chi connectivity index (χ4v) is 4.54. The molecule has 1 atom stereocenters. The van der Waals surface area contributed by atoms with E-state index in [1.165, 1.54) is 16.5 Å². The van der Waals surface area contributed by atoms with Gasteiger partial charge in [0.15, 0.2) is 0 Å². The molecule has 0 bridgehead atoms. The third kappa shape index (κ3) is 5.46. The molecule has 174 valence electrons. The summed E-state index contributed by atoms with van der Waals surface area (Å²) in [6.07, 6.45) is 5.24. The summed E-state index contributed by atoms with van der Waals surface area (Å²) < 4.78 is 31.9. The lowest BCUT2D eigenvalue weighted by molar-refractivity contribution is 0.235. The number of hydrogen-bond acceptors (Lipinski definition) is 5. The van der Waals surface area contributed by atoms with Crippen LogP contribution in [0, 0.1) is 6.92 Å². The normalized spacial score (nSPS) is 13.0. The SMILES string of the molecule is Cc1oc(-c2ccccc2NS(C)(=O)=O)nc1CN(C)C(C)CCc1c[nH]c2ccccc12. The molecule has 2 aromatic carbocycles. The average Bonchev–Trinajstić information content (AvgIpc) is 3.34. The molecule has 0 saturated heterocycles. The first-order valence-electron chi connectivity index (χ1n) is 11.0. The maximum atomic E-state index is 11.7. The highest BCUT2D eigenvalue weighted by Gasteiger charge is 2.19. The molecule has 2 aromatic heterocycles. The summed E-state index contributed by atoms with van der Waals surface area (Å²) in [4.78, 5) is 10.3. The molecule has 0 radical (unpaired) electrons. The highest BCUT2D eigenvalue weighted by molar-refractivity contribution is 7.92. The van der Waals surface area contributed by atoms with Crippen molar-refractivity contribution in [3.8, 4) is 11.5 Å². The van der Waals surface area contributed by atoms with Gasteiger partial charge in [-0.15, -0.1) is 0 Å². The lowest BCUT2D eigenvalue weighted by atomic mass is 10.0. The van der Waals surface area contributed by atoms with E-state index in [1.54, 1.807) is 18.2 Å². The van der Waals surface area contributed by atoms with Crippen LogP contribution >= 0.6 is 0 Å². The number of anilines is 1. The summed E-state index contributed by atoms with van der Waals surface area (Å²) in [7, 11) is -1.32. The number of oxazole rings is 1. The van der Waals surface area contributed by atoms with E-state index in [9.17, 15) is 8.42 Å². The summed E-state index contributed by atoms with van der Waals surface area (Å²) in [5.74, 6) is 1.14. The van der Waals surface area contributed by atoms with Crippen LogP contribution in [-0.2, 0) is 23.0 Å². The zero-order valence-electron chi connectivity index (χ0n) is 19.4. The zero-order chi connectivity index (χ0) is 23.6. The van der Waals surface area contributed by atoms with Gasteiger partial charge in [0.05, 0.1) is 23.2 Å². The molecule has 0 spiro atoms. The molecule has 2 N–H and O–H groups in total. The molecule has 8 heteroatoms. The number of aromatic amines is 1. The number of nitrogens with one attached hydrogen (secondary N) is 2. The van der Waals surface area contributed by atoms with Gasteiger partial charge in [-0.3, -0.25) is 9.62 Å². The molecule has 0 aliphatic heterocycles. The molecule has 4 aromatic rings. The van der Waals surface area contributed by atoms with E-state index in [4.69, 9.17) is 9.40 Å². The lowest BCUT2D eigenvalue weighted by Gasteiger charge is -2.23. The van der Waals surface area contributed by atoms with Crippen LogP contribution in [-0.4, -0.2) is 42.6 Å².